The summed E-state index contributed by atoms with van der Waals surface area (Å²) in [6, 6.07) is 0. The van der Waals surface area contributed by atoms with Crippen LogP contribution in [-0.2, 0) is 9.47 Å². The Hall–Kier alpha value is -0.810. The molecule has 22 heavy (non-hydrogen) atoms. The third-order valence-corrected chi connectivity index (χ3v) is 5.07. The van der Waals surface area contributed by atoms with E-state index in [0.29, 0.717) is 11.3 Å². The number of ether oxygens (including phenoxy) is 2. The highest BCUT2D eigenvalue weighted by atomic mass is 16.5. The average Bonchev–Trinajstić information content (AvgIpc) is 2.97. The first-order valence-electron chi connectivity index (χ1n) is 8.75. The zero-order chi connectivity index (χ0) is 15.8. The zero-order valence-corrected chi connectivity index (χ0v) is 14.6. The molecule has 128 valence electrons. The molecule has 1 heterocycles. The van der Waals surface area contributed by atoms with E-state index in [1.165, 1.54) is 25.7 Å². The molecule has 2 aliphatic rings. The van der Waals surface area contributed by atoms with E-state index in [4.69, 9.17) is 14.5 Å². The first kappa shape index (κ1) is 17.5. The normalized spacial score (nSPS) is 24.1. The molecule has 0 amide bonds. The van der Waals surface area contributed by atoms with Gasteiger partial charge in [0, 0.05) is 52.9 Å². The van der Waals surface area contributed by atoms with Crippen LogP contribution in [0.2, 0.25) is 0 Å². The molecule has 1 aliphatic carbocycles. The van der Waals surface area contributed by atoms with Crippen LogP contribution in [0.5, 0.6) is 0 Å². The van der Waals surface area contributed by atoms with Gasteiger partial charge in [-0.25, -0.2) is 0 Å². The molecule has 2 rings (SSSR count). The minimum absolute atomic E-state index is 0.383. The summed E-state index contributed by atoms with van der Waals surface area (Å²) in [6.45, 7) is 7.64. The van der Waals surface area contributed by atoms with Gasteiger partial charge in [-0.15, -0.1) is 0 Å². The van der Waals surface area contributed by atoms with Crippen LogP contribution in [0.25, 0.3) is 0 Å². The number of nitrogens with one attached hydrogen (secondary N) is 1. The Labute approximate surface area is 135 Å². The number of hydrogen-bond acceptors (Lipinski definition) is 3. The summed E-state index contributed by atoms with van der Waals surface area (Å²) in [4.78, 5) is 7.21. The molecule has 1 saturated heterocycles. The van der Waals surface area contributed by atoms with Gasteiger partial charge in [0.2, 0.25) is 0 Å². The second kappa shape index (κ2) is 8.73. The average molecular weight is 311 g/mol. The monoisotopic (exact) mass is 311 g/mol. The predicted molar refractivity (Wildman–Crippen MR) is 90.3 cm³/mol. The lowest BCUT2D eigenvalue weighted by molar-refractivity contribution is 0.0776. The molecule has 5 nitrogen and oxygen atoms in total. The minimum atomic E-state index is 0.383. The van der Waals surface area contributed by atoms with Crippen LogP contribution in [0.4, 0.5) is 0 Å². The van der Waals surface area contributed by atoms with E-state index in [9.17, 15) is 0 Å². The molecule has 0 radical (unpaired) electrons. The summed E-state index contributed by atoms with van der Waals surface area (Å²) in [5.74, 6) is 1.68. The van der Waals surface area contributed by atoms with Gasteiger partial charge in [0.05, 0.1) is 6.61 Å². The minimum Gasteiger partial charge on any atom is -0.385 e. The highest BCUT2D eigenvalue weighted by Crippen LogP contribution is 2.44. The quantitative estimate of drug-likeness (QED) is 0.551. The number of rotatable bonds is 8. The van der Waals surface area contributed by atoms with E-state index >= 15 is 0 Å². The Bertz CT molecular complexity index is 350. The molecule has 5 heteroatoms. The largest absolute Gasteiger partial charge is 0.385 e. The maximum absolute atomic E-state index is 5.48. The van der Waals surface area contributed by atoms with Gasteiger partial charge in [-0.3, -0.25) is 4.99 Å². The third kappa shape index (κ3) is 4.85. The molecule has 0 aromatic heterocycles. The van der Waals surface area contributed by atoms with Crippen molar-refractivity contribution in [3.05, 3.63) is 0 Å². The van der Waals surface area contributed by atoms with E-state index in [0.717, 1.165) is 51.8 Å². The van der Waals surface area contributed by atoms with Crippen LogP contribution < -0.4 is 5.32 Å². The molecule has 1 atom stereocenters. The van der Waals surface area contributed by atoms with Crippen molar-refractivity contribution in [1.29, 1.82) is 0 Å². The third-order valence-electron chi connectivity index (χ3n) is 5.07. The molecular formula is C17H33N3O2. The van der Waals surface area contributed by atoms with Gasteiger partial charge < -0.3 is 19.7 Å². The summed E-state index contributed by atoms with van der Waals surface area (Å²) in [5.41, 5.74) is 0.383. The Balaban J connectivity index is 1.90. The van der Waals surface area contributed by atoms with Crippen molar-refractivity contribution in [1.82, 2.24) is 10.2 Å². The first-order chi connectivity index (χ1) is 10.7. The molecule has 1 N–H and O–H groups in total. The van der Waals surface area contributed by atoms with Gasteiger partial charge in [-0.1, -0.05) is 6.42 Å². The number of guanidine groups is 1. The van der Waals surface area contributed by atoms with Crippen LogP contribution in [0.15, 0.2) is 4.99 Å². The molecule has 2 fully saturated rings. The van der Waals surface area contributed by atoms with Crippen molar-refractivity contribution in [2.24, 2.45) is 16.3 Å². The predicted octanol–water partition coefficient (Wildman–Crippen LogP) is 2.13. The van der Waals surface area contributed by atoms with Gasteiger partial charge in [-0.2, -0.15) is 0 Å². The Morgan fingerprint density at radius 2 is 2.27 bits per heavy atom. The topological polar surface area (TPSA) is 46.1 Å². The molecule has 1 aliphatic heterocycles. The molecule has 0 bridgehead atoms. The summed E-state index contributed by atoms with van der Waals surface area (Å²) in [6.07, 6.45) is 6.22. The Morgan fingerprint density at radius 1 is 1.45 bits per heavy atom. The van der Waals surface area contributed by atoms with E-state index in [-0.39, 0.29) is 0 Å². The lowest BCUT2D eigenvalue weighted by atomic mass is 9.67. The Morgan fingerprint density at radius 3 is 2.82 bits per heavy atom. The van der Waals surface area contributed by atoms with E-state index in [1.54, 1.807) is 7.11 Å². The fourth-order valence-electron chi connectivity index (χ4n) is 3.40. The summed E-state index contributed by atoms with van der Waals surface area (Å²) < 4.78 is 10.8. The maximum atomic E-state index is 5.48. The number of hydrogen-bond donors (Lipinski definition) is 1. The molecule has 1 saturated carbocycles. The molecule has 1 unspecified atom stereocenters. The van der Waals surface area contributed by atoms with Crippen LogP contribution in [0.3, 0.4) is 0 Å². The SMILES string of the molecule is CCNC(=NCC1(CCOC)CCC1)N(C)CC1CCOC1. The van der Waals surface area contributed by atoms with Crippen molar-refractivity contribution in [2.75, 3.05) is 53.6 Å². The fourth-order valence-corrected chi connectivity index (χ4v) is 3.40. The molecule has 0 aromatic rings. The lowest BCUT2D eigenvalue weighted by Crippen LogP contribution is -2.43. The number of nitrogens with zero attached hydrogens (tertiary/aromatic N) is 2. The maximum Gasteiger partial charge on any atom is 0.193 e. The number of methoxy groups -OCH3 is 1. The van der Waals surface area contributed by atoms with Crippen LogP contribution in [0, 0.1) is 11.3 Å². The van der Waals surface area contributed by atoms with Crippen molar-refractivity contribution in [2.45, 2.75) is 39.0 Å². The van der Waals surface area contributed by atoms with Crippen molar-refractivity contribution >= 4 is 5.96 Å². The standard InChI is InChI=1S/C17H33N3O2/c1-4-18-16(20(2)12-15-6-10-22-13-15)19-14-17(7-5-8-17)9-11-21-3/h15H,4-14H2,1-3H3,(H,18,19). The second-order valence-electron chi connectivity index (χ2n) is 6.88. The molecule has 0 aromatic carbocycles. The molecule has 0 spiro atoms. The summed E-state index contributed by atoms with van der Waals surface area (Å²) in [5, 5.41) is 3.44. The van der Waals surface area contributed by atoms with E-state index in [2.05, 4.69) is 24.2 Å². The summed E-state index contributed by atoms with van der Waals surface area (Å²) >= 11 is 0. The zero-order valence-electron chi connectivity index (χ0n) is 14.6. The molecular weight excluding hydrogens is 278 g/mol. The lowest BCUT2D eigenvalue weighted by Gasteiger charge is -2.41. The van der Waals surface area contributed by atoms with Gasteiger partial charge in [0.15, 0.2) is 5.96 Å². The van der Waals surface area contributed by atoms with Gasteiger partial charge in [0.25, 0.3) is 0 Å². The van der Waals surface area contributed by atoms with Crippen molar-refractivity contribution in [3.63, 3.8) is 0 Å². The summed E-state index contributed by atoms with van der Waals surface area (Å²) in [7, 11) is 3.93. The highest BCUT2D eigenvalue weighted by molar-refractivity contribution is 5.79. The fraction of sp³-hybridized carbons (Fsp3) is 0.941. The van der Waals surface area contributed by atoms with Crippen molar-refractivity contribution < 1.29 is 9.47 Å². The van der Waals surface area contributed by atoms with E-state index < -0.39 is 0 Å². The van der Waals surface area contributed by atoms with E-state index in [1.807, 2.05) is 0 Å². The van der Waals surface area contributed by atoms with Gasteiger partial charge in [0.1, 0.15) is 0 Å². The number of aliphatic imine (C=N–C) groups is 1. The second-order valence-corrected chi connectivity index (χ2v) is 6.88. The van der Waals surface area contributed by atoms with Gasteiger partial charge in [-0.05, 0) is 38.0 Å². The highest BCUT2D eigenvalue weighted by Gasteiger charge is 2.36. The smallest absolute Gasteiger partial charge is 0.193 e. The Kier molecular flexibility index (Phi) is 6.96. The van der Waals surface area contributed by atoms with Crippen LogP contribution in [-0.4, -0.2) is 64.5 Å². The van der Waals surface area contributed by atoms with Gasteiger partial charge >= 0.3 is 0 Å². The van der Waals surface area contributed by atoms with Crippen LogP contribution >= 0.6 is 0 Å². The van der Waals surface area contributed by atoms with Crippen LogP contribution in [0.1, 0.15) is 39.0 Å². The van der Waals surface area contributed by atoms with Crippen molar-refractivity contribution in [3.8, 4) is 0 Å². The first-order valence-corrected chi connectivity index (χ1v) is 8.75.